The van der Waals surface area contributed by atoms with Gasteiger partial charge < -0.3 is 14.8 Å². The monoisotopic (exact) mass is 356 g/mol. The van der Waals surface area contributed by atoms with E-state index < -0.39 is 11.7 Å². The van der Waals surface area contributed by atoms with Gasteiger partial charge in [0.2, 0.25) is 5.91 Å². The Bertz CT molecular complexity index is 584. The molecule has 0 atom stereocenters. The Morgan fingerprint density at radius 2 is 1.96 bits per heavy atom. The van der Waals surface area contributed by atoms with E-state index in [2.05, 4.69) is 5.32 Å². The summed E-state index contributed by atoms with van der Waals surface area (Å²) in [7, 11) is 1.53. The number of nitrogens with one attached hydrogen (secondary N) is 1. The molecule has 0 aliphatic carbocycles. The molecule has 0 aliphatic rings. The van der Waals surface area contributed by atoms with Gasteiger partial charge in [-0.2, -0.15) is 0 Å². The van der Waals surface area contributed by atoms with Crippen molar-refractivity contribution in [1.29, 1.82) is 0 Å². The van der Waals surface area contributed by atoms with Crippen molar-refractivity contribution in [2.24, 2.45) is 0 Å². The molecule has 0 heterocycles. The molecule has 1 N–H and O–H groups in total. The highest BCUT2D eigenvalue weighted by molar-refractivity contribution is 6.31. The highest BCUT2D eigenvalue weighted by Gasteiger charge is 2.23. The Hall–Kier alpha value is -1.79. The van der Waals surface area contributed by atoms with E-state index >= 15 is 0 Å². The SMILES string of the molecule is COCCN(CC(=O)Nc1ccc(C)c(Cl)c1)C(=O)OC(C)(C)C. The van der Waals surface area contributed by atoms with E-state index in [1.165, 1.54) is 12.0 Å². The molecule has 0 saturated heterocycles. The van der Waals surface area contributed by atoms with E-state index in [9.17, 15) is 9.59 Å². The van der Waals surface area contributed by atoms with Crippen molar-refractivity contribution >= 4 is 29.3 Å². The van der Waals surface area contributed by atoms with E-state index in [0.29, 0.717) is 17.3 Å². The van der Waals surface area contributed by atoms with Crippen molar-refractivity contribution in [3.05, 3.63) is 28.8 Å². The van der Waals surface area contributed by atoms with Crippen LogP contribution in [0.5, 0.6) is 0 Å². The molecular weight excluding hydrogens is 332 g/mol. The van der Waals surface area contributed by atoms with E-state index in [-0.39, 0.29) is 19.0 Å². The molecule has 1 aromatic carbocycles. The van der Waals surface area contributed by atoms with Gasteiger partial charge in [0.05, 0.1) is 6.61 Å². The number of carbonyl (C=O) groups is 2. The molecule has 0 radical (unpaired) electrons. The van der Waals surface area contributed by atoms with Crippen molar-refractivity contribution in [3.8, 4) is 0 Å². The summed E-state index contributed by atoms with van der Waals surface area (Å²) in [5, 5.41) is 3.29. The fourth-order valence-corrected chi connectivity index (χ4v) is 1.99. The molecule has 134 valence electrons. The maximum absolute atomic E-state index is 12.2. The number of hydrogen-bond donors (Lipinski definition) is 1. The molecule has 0 aliphatic heterocycles. The summed E-state index contributed by atoms with van der Waals surface area (Å²) < 4.78 is 10.3. The van der Waals surface area contributed by atoms with E-state index in [1.54, 1.807) is 32.9 Å². The predicted molar refractivity (Wildman–Crippen MR) is 94.5 cm³/mol. The van der Waals surface area contributed by atoms with Gasteiger partial charge in [-0.05, 0) is 45.4 Å². The average molecular weight is 357 g/mol. The summed E-state index contributed by atoms with van der Waals surface area (Å²) >= 11 is 6.04. The van der Waals surface area contributed by atoms with Crippen molar-refractivity contribution in [1.82, 2.24) is 4.90 Å². The lowest BCUT2D eigenvalue weighted by molar-refractivity contribution is -0.117. The van der Waals surface area contributed by atoms with Gasteiger partial charge in [0.15, 0.2) is 0 Å². The minimum absolute atomic E-state index is 0.135. The molecule has 1 aromatic rings. The van der Waals surface area contributed by atoms with Gasteiger partial charge in [-0.15, -0.1) is 0 Å². The van der Waals surface area contributed by atoms with Gasteiger partial charge in [-0.25, -0.2) is 4.79 Å². The van der Waals surface area contributed by atoms with Crippen LogP contribution in [0, 0.1) is 6.92 Å². The minimum Gasteiger partial charge on any atom is -0.444 e. The van der Waals surface area contributed by atoms with Gasteiger partial charge in [0.1, 0.15) is 12.1 Å². The Balaban J connectivity index is 2.72. The van der Waals surface area contributed by atoms with Crippen molar-refractivity contribution < 1.29 is 19.1 Å². The second kappa shape index (κ2) is 8.89. The molecule has 0 bridgehead atoms. The van der Waals surface area contributed by atoms with Crippen LogP contribution in [-0.4, -0.2) is 49.3 Å². The van der Waals surface area contributed by atoms with Crippen molar-refractivity contribution in [2.45, 2.75) is 33.3 Å². The van der Waals surface area contributed by atoms with E-state index in [0.717, 1.165) is 5.56 Å². The number of anilines is 1. The van der Waals surface area contributed by atoms with Crippen LogP contribution in [0.25, 0.3) is 0 Å². The first-order valence-electron chi connectivity index (χ1n) is 7.65. The maximum Gasteiger partial charge on any atom is 0.410 e. The third-order valence-electron chi connectivity index (χ3n) is 3.01. The maximum atomic E-state index is 12.2. The Morgan fingerprint density at radius 3 is 2.50 bits per heavy atom. The number of rotatable bonds is 6. The van der Waals surface area contributed by atoms with Gasteiger partial charge in [-0.1, -0.05) is 17.7 Å². The molecule has 1 rings (SSSR count). The van der Waals surface area contributed by atoms with Gasteiger partial charge in [-0.3, -0.25) is 9.69 Å². The molecule has 0 aromatic heterocycles. The molecule has 0 spiro atoms. The first kappa shape index (κ1) is 20.3. The zero-order valence-corrected chi connectivity index (χ0v) is 15.6. The third kappa shape index (κ3) is 7.19. The third-order valence-corrected chi connectivity index (χ3v) is 3.41. The number of nitrogens with zero attached hydrogens (tertiary/aromatic N) is 1. The summed E-state index contributed by atoms with van der Waals surface area (Å²) in [5.41, 5.74) is 0.861. The van der Waals surface area contributed by atoms with Crippen molar-refractivity contribution in [2.75, 3.05) is 32.1 Å². The fraction of sp³-hybridized carbons (Fsp3) is 0.529. The Kier molecular flexibility index (Phi) is 7.51. The molecule has 0 fully saturated rings. The minimum atomic E-state index is -0.636. The van der Waals surface area contributed by atoms with E-state index in [4.69, 9.17) is 21.1 Å². The summed E-state index contributed by atoms with van der Waals surface area (Å²) in [6.45, 7) is 7.62. The van der Waals surface area contributed by atoms with E-state index in [1.807, 2.05) is 13.0 Å². The predicted octanol–water partition coefficient (Wildman–Crippen LogP) is 3.47. The van der Waals surface area contributed by atoms with Crippen LogP contribution in [0.2, 0.25) is 5.02 Å². The van der Waals surface area contributed by atoms with Crippen molar-refractivity contribution in [3.63, 3.8) is 0 Å². The van der Waals surface area contributed by atoms with Gasteiger partial charge >= 0.3 is 6.09 Å². The van der Waals surface area contributed by atoms with Crippen LogP contribution in [0.15, 0.2) is 18.2 Å². The number of amides is 2. The summed E-state index contributed by atoms with van der Waals surface area (Å²) in [5.74, 6) is -0.336. The highest BCUT2D eigenvalue weighted by atomic mass is 35.5. The molecule has 6 nitrogen and oxygen atoms in total. The Morgan fingerprint density at radius 1 is 1.29 bits per heavy atom. The van der Waals surface area contributed by atoms with Gasteiger partial charge in [0.25, 0.3) is 0 Å². The molecule has 7 heteroatoms. The largest absolute Gasteiger partial charge is 0.444 e. The summed E-state index contributed by atoms with van der Waals surface area (Å²) in [4.78, 5) is 25.7. The van der Waals surface area contributed by atoms with Crippen LogP contribution < -0.4 is 5.32 Å². The molecule has 24 heavy (non-hydrogen) atoms. The molecule has 0 saturated carbocycles. The second-order valence-electron chi connectivity index (χ2n) is 6.41. The number of hydrogen-bond acceptors (Lipinski definition) is 4. The number of benzene rings is 1. The van der Waals surface area contributed by atoms with Gasteiger partial charge in [0, 0.05) is 24.4 Å². The number of methoxy groups -OCH3 is 1. The summed E-state index contributed by atoms with van der Waals surface area (Å²) in [6.07, 6.45) is -0.559. The van der Waals surface area contributed by atoms with Crippen LogP contribution in [0.1, 0.15) is 26.3 Å². The second-order valence-corrected chi connectivity index (χ2v) is 6.81. The number of carbonyl (C=O) groups excluding carboxylic acids is 2. The van der Waals surface area contributed by atoms with Crippen LogP contribution in [0.3, 0.4) is 0 Å². The normalized spacial score (nSPS) is 11.1. The molecule has 2 amide bonds. The zero-order chi connectivity index (χ0) is 18.3. The van der Waals surface area contributed by atoms with Crippen LogP contribution >= 0.6 is 11.6 Å². The lowest BCUT2D eigenvalue weighted by Crippen LogP contribution is -2.42. The zero-order valence-electron chi connectivity index (χ0n) is 14.8. The quantitative estimate of drug-likeness (QED) is 0.847. The first-order valence-corrected chi connectivity index (χ1v) is 8.03. The molecule has 0 unspecified atom stereocenters. The first-order chi connectivity index (χ1) is 11.1. The average Bonchev–Trinajstić information content (AvgIpc) is 2.45. The highest BCUT2D eigenvalue weighted by Crippen LogP contribution is 2.20. The topological polar surface area (TPSA) is 67.9 Å². The van der Waals surface area contributed by atoms with Crippen LogP contribution in [0.4, 0.5) is 10.5 Å². The fourth-order valence-electron chi connectivity index (χ4n) is 1.81. The smallest absolute Gasteiger partial charge is 0.410 e. The van der Waals surface area contributed by atoms with Crippen LogP contribution in [-0.2, 0) is 14.3 Å². The summed E-state index contributed by atoms with van der Waals surface area (Å²) in [6, 6.07) is 5.24. The molecular formula is C17H25ClN2O4. The Labute approximate surface area is 148 Å². The number of aryl methyl sites for hydroxylation is 1. The number of halogens is 1. The lowest BCUT2D eigenvalue weighted by Gasteiger charge is -2.26. The lowest BCUT2D eigenvalue weighted by atomic mass is 10.2. The standard InChI is InChI=1S/C17H25ClN2O4/c1-12-6-7-13(10-14(12)18)19-15(21)11-20(8-9-23-5)16(22)24-17(2,3)4/h6-7,10H,8-9,11H2,1-5H3,(H,19,21). The number of ether oxygens (including phenoxy) is 2.